The molecule has 1 aliphatic rings. The maximum atomic E-state index is 12.7. The van der Waals surface area contributed by atoms with Crippen LogP contribution in [0, 0.1) is 0 Å². The Balaban J connectivity index is 1.79. The third kappa shape index (κ3) is 3.65. The lowest BCUT2D eigenvalue weighted by Gasteiger charge is -2.26. The summed E-state index contributed by atoms with van der Waals surface area (Å²) in [4.78, 5) is 39.4. The van der Waals surface area contributed by atoms with Gasteiger partial charge in [-0.1, -0.05) is 0 Å². The van der Waals surface area contributed by atoms with Crippen LogP contribution in [-0.4, -0.2) is 54.5 Å². The normalized spacial score (nSPS) is 15.7. The summed E-state index contributed by atoms with van der Waals surface area (Å²) in [6, 6.07) is -0.375. The van der Waals surface area contributed by atoms with Crippen molar-refractivity contribution in [3.63, 3.8) is 0 Å². The van der Waals surface area contributed by atoms with Gasteiger partial charge in [-0.25, -0.2) is 15.0 Å². The van der Waals surface area contributed by atoms with Gasteiger partial charge in [-0.2, -0.15) is 5.10 Å². The van der Waals surface area contributed by atoms with Gasteiger partial charge in [-0.3, -0.25) is 14.3 Å². The molecular weight excluding hydrogens is 322 g/mol. The first-order valence-corrected chi connectivity index (χ1v) is 8.33. The van der Waals surface area contributed by atoms with E-state index in [1.807, 2.05) is 0 Å². The van der Waals surface area contributed by atoms with Crippen molar-refractivity contribution in [2.45, 2.75) is 32.2 Å². The van der Waals surface area contributed by atoms with Gasteiger partial charge < -0.3 is 10.2 Å². The molecule has 0 bridgehead atoms. The van der Waals surface area contributed by atoms with Crippen molar-refractivity contribution in [2.24, 2.45) is 7.05 Å². The SMILES string of the molecule is CC(NC(=O)c1nccnc1C(=O)N1CCCCC1)c1ncnn1C. The fourth-order valence-electron chi connectivity index (χ4n) is 2.93. The number of likely N-dealkylation sites (tertiary alicyclic amines) is 1. The van der Waals surface area contributed by atoms with Crippen LogP contribution in [0.1, 0.15) is 59.0 Å². The van der Waals surface area contributed by atoms with Crippen LogP contribution in [0.3, 0.4) is 0 Å². The molecule has 3 heterocycles. The fraction of sp³-hybridized carbons (Fsp3) is 0.500. The highest BCUT2D eigenvalue weighted by Gasteiger charge is 2.26. The Morgan fingerprint density at radius 1 is 1.08 bits per heavy atom. The van der Waals surface area contributed by atoms with Crippen molar-refractivity contribution < 1.29 is 9.59 Å². The van der Waals surface area contributed by atoms with Crippen molar-refractivity contribution in [2.75, 3.05) is 13.1 Å². The fourth-order valence-corrected chi connectivity index (χ4v) is 2.93. The van der Waals surface area contributed by atoms with E-state index in [9.17, 15) is 9.59 Å². The molecule has 0 aromatic carbocycles. The van der Waals surface area contributed by atoms with E-state index in [0.717, 1.165) is 19.3 Å². The van der Waals surface area contributed by atoms with Crippen LogP contribution in [0.15, 0.2) is 18.7 Å². The number of aryl methyl sites for hydroxylation is 1. The quantitative estimate of drug-likeness (QED) is 0.877. The van der Waals surface area contributed by atoms with E-state index in [4.69, 9.17) is 0 Å². The highest BCUT2D eigenvalue weighted by atomic mass is 16.2. The molecule has 1 N–H and O–H groups in total. The van der Waals surface area contributed by atoms with Crippen LogP contribution in [0.5, 0.6) is 0 Å². The molecular formula is C16H21N7O2. The van der Waals surface area contributed by atoms with Crippen molar-refractivity contribution in [1.82, 2.24) is 34.9 Å². The Morgan fingerprint density at radius 3 is 2.40 bits per heavy atom. The molecule has 132 valence electrons. The van der Waals surface area contributed by atoms with E-state index in [1.165, 1.54) is 18.7 Å². The Labute approximate surface area is 145 Å². The highest BCUT2D eigenvalue weighted by Crippen LogP contribution is 2.15. The number of piperidine rings is 1. The molecule has 2 aromatic heterocycles. The van der Waals surface area contributed by atoms with E-state index < -0.39 is 5.91 Å². The monoisotopic (exact) mass is 343 g/mol. The predicted octanol–water partition coefficient (Wildman–Crippen LogP) is 0.722. The number of carbonyl (C=O) groups excluding carboxylic acids is 2. The van der Waals surface area contributed by atoms with Gasteiger partial charge in [0.15, 0.2) is 11.4 Å². The Kier molecular flexibility index (Phi) is 5.01. The Bertz CT molecular complexity index is 767. The molecule has 2 amide bonds. The third-order valence-corrected chi connectivity index (χ3v) is 4.24. The summed E-state index contributed by atoms with van der Waals surface area (Å²) in [6.45, 7) is 3.17. The zero-order valence-electron chi connectivity index (χ0n) is 14.3. The minimum absolute atomic E-state index is 0.0343. The van der Waals surface area contributed by atoms with Crippen LogP contribution in [0.4, 0.5) is 0 Å². The summed E-state index contributed by atoms with van der Waals surface area (Å²) in [5.41, 5.74) is 0.124. The van der Waals surface area contributed by atoms with E-state index in [-0.39, 0.29) is 23.3 Å². The standard InChI is InChI=1S/C16H21N7O2/c1-11(14-19-10-20-22(14)2)21-15(24)12-13(18-7-6-17-12)16(25)23-8-4-3-5-9-23/h6-7,10-11H,3-5,8-9H2,1-2H3,(H,21,24). The van der Waals surface area contributed by atoms with Gasteiger partial charge in [0.05, 0.1) is 6.04 Å². The second kappa shape index (κ2) is 7.37. The number of hydrogen-bond donors (Lipinski definition) is 1. The highest BCUT2D eigenvalue weighted by molar-refractivity contribution is 6.04. The second-order valence-electron chi connectivity index (χ2n) is 6.04. The molecule has 25 heavy (non-hydrogen) atoms. The molecule has 0 spiro atoms. The molecule has 3 rings (SSSR count). The molecule has 0 radical (unpaired) electrons. The van der Waals surface area contributed by atoms with Crippen LogP contribution in [0.2, 0.25) is 0 Å². The van der Waals surface area contributed by atoms with E-state index >= 15 is 0 Å². The summed E-state index contributed by atoms with van der Waals surface area (Å²) in [6.07, 6.45) is 7.32. The van der Waals surface area contributed by atoms with Gasteiger partial charge in [-0.05, 0) is 26.2 Å². The Hall–Kier alpha value is -2.84. The molecule has 1 saturated heterocycles. The minimum atomic E-state index is -0.455. The van der Waals surface area contributed by atoms with E-state index in [2.05, 4.69) is 25.4 Å². The largest absolute Gasteiger partial charge is 0.341 e. The summed E-state index contributed by atoms with van der Waals surface area (Å²) < 4.78 is 1.58. The van der Waals surface area contributed by atoms with Gasteiger partial charge in [-0.15, -0.1) is 0 Å². The molecule has 1 fully saturated rings. The number of nitrogens with one attached hydrogen (secondary N) is 1. The van der Waals surface area contributed by atoms with Crippen LogP contribution < -0.4 is 5.32 Å². The lowest BCUT2D eigenvalue weighted by Crippen LogP contribution is -2.38. The lowest BCUT2D eigenvalue weighted by molar-refractivity contribution is 0.0710. The zero-order chi connectivity index (χ0) is 17.8. The minimum Gasteiger partial charge on any atom is -0.341 e. The van der Waals surface area contributed by atoms with Gasteiger partial charge >= 0.3 is 0 Å². The topological polar surface area (TPSA) is 106 Å². The summed E-state index contributed by atoms with van der Waals surface area (Å²) in [7, 11) is 1.75. The van der Waals surface area contributed by atoms with Gasteiger partial charge in [0, 0.05) is 32.5 Å². The second-order valence-corrected chi connectivity index (χ2v) is 6.04. The first-order valence-electron chi connectivity index (χ1n) is 8.33. The molecule has 9 heteroatoms. The van der Waals surface area contributed by atoms with Gasteiger partial charge in [0.2, 0.25) is 0 Å². The number of carbonyl (C=O) groups is 2. The number of amides is 2. The molecule has 9 nitrogen and oxygen atoms in total. The van der Waals surface area contributed by atoms with Crippen molar-refractivity contribution >= 4 is 11.8 Å². The number of nitrogens with zero attached hydrogens (tertiary/aromatic N) is 6. The van der Waals surface area contributed by atoms with E-state index in [0.29, 0.717) is 18.9 Å². The number of hydrogen-bond acceptors (Lipinski definition) is 6. The van der Waals surface area contributed by atoms with Gasteiger partial charge in [0.1, 0.15) is 12.2 Å². The third-order valence-electron chi connectivity index (χ3n) is 4.24. The van der Waals surface area contributed by atoms with Crippen molar-refractivity contribution in [3.8, 4) is 0 Å². The molecule has 1 unspecified atom stereocenters. The average Bonchev–Trinajstić information content (AvgIpc) is 3.08. The first-order chi connectivity index (χ1) is 12.1. The molecule has 0 aliphatic carbocycles. The summed E-state index contributed by atoms with van der Waals surface area (Å²) in [5.74, 6) is -0.0885. The Morgan fingerprint density at radius 2 is 1.76 bits per heavy atom. The van der Waals surface area contributed by atoms with Crippen LogP contribution in [0.25, 0.3) is 0 Å². The van der Waals surface area contributed by atoms with Crippen molar-refractivity contribution in [3.05, 3.63) is 35.9 Å². The predicted molar refractivity (Wildman–Crippen MR) is 88.7 cm³/mol. The maximum Gasteiger partial charge on any atom is 0.274 e. The zero-order valence-corrected chi connectivity index (χ0v) is 14.3. The molecule has 1 atom stereocenters. The maximum absolute atomic E-state index is 12.7. The van der Waals surface area contributed by atoms with Crippen molar-refractivity contribution in [1.29, 1.82) is 0 Å². The molecule has 2 aromatic rings. The molecule has 0 saturated carbocycles. The van der Waals surface area contributed by atoms with Crippen LogP contribution in [-0.2, 0) is 7.05 Å². The lowest BCUT2D eigenvalue weighted by atomic mass is 10.1. The van der Waals surface area contributed by atoms with Crippen LogP contribution >= 0.6 is 0 Å². The summed E-state index contributed by atoms with van der Waals surface area (Å²) >= 11 is 0. The first kappa shape index (κ1) is 17.0. The number of aromatic nitrogens is 5. The molecule has 1 aliphatic heterocycles. The van der Waals surface area contributed by atoms with Gasteiger partial charge in [0.25, 0.3) is 11.8 Å². The summed E-state index contributed by atoms with van der Waals surface area (Å²) in [5, 5.41) is 6.79. The van der Waals surface area contributed by atoms with E-state index in [1.54, 1.807) is 23.6 Å². The number of rotatable bonds is 4. The smallest absolute Gasteiger partial charge is 0.274 e. The average molecular weight is 343 g/mol.